The maximum absolute atomic E-state index is 12.6. The van der Waals surface area contributed by atoms with Crippen LogP contribution in [0.25, 0.3) is 11.0 Å². The average molecular weight is 274 g/mol. The molecule has 0 atom stereocenters. The summed E-state index contributed by atoms with van der Waals surface area (Å²) in [5.41, 5.74) is 3.41. The Morgan fingerprint density at radius 2 is 2.00 bits per heavy atom. The largest absolute Gasteiger partial charge is 0.359 e. The fourth-order valence-corrected chi connectivity index (χ4v) is 2.39. The van der Waals surface area contributed by atoms with Crippen molar-refractivity contribution in [3.05, 3.63) is 23.3 Å². The Labute approximate surface area is 117 Å². The lowest BCUT2D eigenvalue weighted by Gasteiger charge is -2.28. The summed E-state index contributed by atoms with van der Waals surface area (Å²) < 4.78 is 6.75. The van der Waals surface area contributed by atoms with Crippen molar-refractivity contribution in [2.45, 2.75) is 33.2 Å². The minimum atomic E-state index is -0.324. The molecule has 1 aliphatic rings. The fourth-order valence-electron chi connectivity index (χ4n) is 2.39. The number of benzene rings is 1. The van der Waals surface area contributed by atoms with E-state index in [1.165, 1.54) is 4.68 Å². The molecule has 0 N–H and O–H groups in total. The summed E-state index contributed by atoms with van der Waals surface area (Å²) in [5, 5.41) is 8.09. The van der Waals surface area contributed by atoms with Crippen LogP contribution in [0.3, 0.4) is 0 Å². The average Bonchev–Trinajstić information content (AvgIpc) is 2.92. The van der Waals surface area contributed by atoms with Gasteiger partial charge in [-0.05, 0) is 51.0 Å². The van der Waals surface area contributed by atoms with E-state index in [0.717, 1.165) is 22.2 Å². The summed E-state index contributed by atoms with van der Waals surface area (Å²) in [5.74, 6) is 0. The van der Waals surface area contributed by atoms with Crippen LogP contribution < -0.4 is 0 Å². The molecule has 1 aliphatic heterocycles. The van der Waals surface area contributed by atoms with Crippen LogP contribution in [-0.4, -0.2) is 44.8 Å². The third kappa shape index (κ3) is 1.87. The second-order valence-corrected chi connectivity index (χ2v) is 5.93. The number of rotatable bonds is 0. The molecule has 1 aromatic carbocycles. The molecule has 106 valence electrons. The standard InChI is InChI=1S/C14H18N4O2/c1-9-5-11-12(6-10(9)2)18(16-15-11)13(19)17-8-20-7-14(17,3)4/h5-6H,7-8H2,1-4H3. The van der Waals surface area contributed by atoms with Gasteiger partial charge in [0.25, 0.3) is 0 Å². The zero-order chi connectivity index (χ0) is 14.5. The molecular formula is C14H18N4O2. The maximum Gasteiger partial charge on any atom is 0.349 e. The molecule has 0 radical (unpaired) electrons. The molecule has 1 amide bonds. The Hall–Kier alpha value is -1.95. The lowest BCUT2D eigenvalue weighted by Crippen LogP contribution is -2.46. The maximum atomic E-state index is 12.6. The van der Waals surface area contributed by atoms with Crippen LogP contribution in [0.5, 0.6) is 0 Å². The van der Waals surface area contributed by atoms with E-state index in [2.05, 4.69) is 10.3 Å². The molecule has 1 saturated heterocycles. The molecule has 20 heavy (non-hydrogen) atoms. The second kappa shape index (κ2) is 4.28. The number of fused-ring (bicyclic) bond motifs is 1. The van der Waals surface area contributed by atoms with Crippen molar-refractivity contribution in [3.8, 4) is 0 Å². The third-order valence-corrected chi connectivity index (χ3v) is 3.88. The Balaban J connectivity index is 2.06. The highest BCUT2D eigenvalue weighted by molar-refractivity contribution is 5.88. The van der Waals surface area contributed by atoms with E-state index in [0.29, 0.717) is 6.61 Å². The van der Waals surface area contributed by atoms with Gasteiger partial charge in [-0.15, -0.1) is 5.10 Å². The number of amides is 1. The van der Waals surface area contributed by atoms with Gasteiger partial charge >= 0.3 is 6.03 Å². The molecule has 6 nitrogen and oxygen atoms in total. The molecule has 2 aromatic rings. The van der Waals surface area contributed by atoms with E-state index < -0.39 is 0 Å². The Bertz CT molecular complexity index is 690. The number of carbonyl (C=O) groups is 1. The minimum absolute atomic E-state index is 0.196. The quantitative estimate of drug-likeness (QED) is 0.738. The number of hydrogen-bond acceptors (Lipinski definition) is 4. The number of aromatic nitrogens is 3. The van der Waals surface area contributed by atoms with Gasteiger partial charge in [-0.25, -0.2) is 4.79 Å². The molecular weight excluding hydrogens is 256 g/mol. The van der Waals surface area contributed by atoms with Gasteiger partial charge < -0.3 is 4.74 Å². The first-order valence-electron chi connectivity index (χ1n) is 6.62. The van der Waals surface area contributed by atoms with Gasteiger partial charge in [0.1, 0.15) is 12.2 Å². The van der Waals surface area contributed by atoms with Crippen molar-refractivity contribution in [1.82, 2.24) is 19.9 Å². The van der Waals surface area contributed by atoms with Crippen LogP contribution in [0, 0.1) is 13.8 Å². The van der Waals surface area contributed by atoms with Crippen molar-refractivity contribution in [2.24, 2.45) is 0 Å². The second-order valence-electron chi connectivity index (χ2n) is 5.93. The molecule has 1 fully saturated rings. The Morgan fingerprint density at radius 1 is 1.30 bits per heavy atom. The first-order chi connectivity index (χ1) is 9.40. The summed E-state index contributed by atoms with van der Waals surface area (Å²) in [6.07, 6.45) is 0. The van der Waals surface area contributed by atoms with Crippen molar-refractivity contribution in [1.29, 1.82) is 0 Å². The minimum Gasteiger partial charge on any atom is -0.359 e. The molecule has 2 heterocycles. The predicted molar refractivity (Wildman–Crippen MR) is 74.5 cm³/mol. The lowest BCUT2D eigenvalue weighted by molar-refractivity contribution is 0.138. The highest BCUT2D eigenvalue weighted by Gasteiger charge is 2.38. The fraction of sp³-hybridized carbons (Fsp3) is 0.500. The van der Waals surface area contributed by atoms with E-state index in [1.807, 2.05) is 39.8 Å². The molecule has 0 unspecified atom stereocenters. The van der Waals surface area contributed by atoms with Crippen LogP contribution in [0.15, 0.2) is 12.1 Å². The monoisotopic (exact) mass is 274 g/mol. The molecule has 0 aliphatic carbocycles. The number of ether oxygens (including phenoxy) is 1. The summed E-state index contributed by atoms with van der Waals surface area (Å²) >= 11 is 0. The molecule has 6 heteroatoms. The first-order valence-corrected chi connectivity index (χ1v) is 6.62. The molecule has 3 rings (SSSR count). The van der Waals surface area contributed by atoms with E-state index >= 15 is 0 Å². The molecule has 1 aromatic heterocycles. The first kappa shape index (κ1) is 13.1. The summed E-state index contributed by atoms with van der Waals surface area (Å²) in [6.45, 7) is 8.81. The van der Waals surface area contributed by atoms with E-state index in [1.54, 1.807) is 4.90 Å². The van der Waals surface area contributed by atoms with Crippen LogP contribution in [-0.2, 0) is 4.74 Å². The molecule has 0 bridgehead atoms. The van der Waals surface area contributed by atoms with E-state index in [9.17, 15) is 4.79 Å². The third-order valence-electron chi connectivity index (χ3n) is 3.88. The van der Waals surface area contributed by atoms with Gasteiger partial charge in [-0.1, -0.05) is 5.21 Å². The molecule has 0 spiro atoms. The van der Waals surface area contributed by atoms with Gasteiger partial charge in [0.2, 0.25) is 0 Å². The summed E-state index contributed by atoms with van der Waals surface area (Å²) in [4.78, 5) is 14.3. The van der Waals surface area contributed by atoms with Crippen LogP contribution in [0.1, 0.15) is 25.0 Å². The molecule has 0 saturated carbocycles. The van der Waals surface area contributed by atoms with Gasteiger partial charge in [-0.3, -0.25) is 4.90 Å². The van der Waals surface area contributed by atoms with Crippen molar-refractivity contribution >= 4 is 17.1 Å². The van der Waals surface area contributed by atoms with E-state index in [-0.39, 0.29) is 18.3 Å². The number of hydrogen-bond donors (Lipinski definition) is 0. The number of aryl methyl sites for hydroxylation is 2. The lowest BCUT2D eigenvalue weighted by atomic mass is 10.1. The van der Waals surface area contributed by atoms with Crippen LogP contribution in [0.2, 0.25) is 0 Å². The topological polar surface area (TPSA) is 60.2 Å². The number of nitrogens with zero attached hydrogens (tertiary/aromatic N) is 4. The number of carbonyl (C=O) groups excluding carboxylic acids is 1. The Morgan fingerprint density at radius 3 is 2.65 bits per heavy atom. The Kier molecular flexibility index (Phi) is 2.79. The summed E-state index contributed by atoms with van der Waals surface area (Å²) in [6, 6.07) is 3.71. The van der Waals surface area contributed by atoms with E-state index in [4.69, 9.17) is 4.74 Å². The van der Waals surface area contributed by atoms with Gasteiger partial charge in [-0.2, -0.15) is 4.68 Å². The van der Waals surface area contributed by atoms with Crippen LogP contribution in [0.4, 0.5) is 4.79 Å². The van der Waals surface area contributed by atoms with Gasteiger partial charge in [0.05, 0.1) is 17.7 Å². The van der Waals surface area contributed by atoms with Gasteiger partial charge in [0.15, 0.2) is 0 Å². The zero-order valence-corrected chi connectivity index (χ0v) is 12.2. The smallest absolute Gasteiger partial charge is 0.349 e. The summed E-state index contributed by atoms with van der Waals surface area (Å²) in [7, 11) is 0. The predicted octanol–water partition coefficient (Wildman–Crippen LogP) is 2.08. The normalized spacial score (nSPS) is 17.9. The SMILES string of the molecule is Cc1cc2nnn(C(=O)N3COCC3(C)C)c2cc1C. The van der Waals surface area contributed by atoms with Crippen molar-refractivity contribution in [2.75, 3.05) is 13.3 Å². The van der Waals surface area contributed by atoms with Crippen molar-refractivity contribution < 1.29 is 9.53 Å². The highest BCUT2D eigenvalue weighted by Crippen LogP contribution is 2.24. The van der Waals surface area contributed by atoms with Crippen molar-refractivity contribution in [3.63, 3.8) is 0 Å². The van der Waals surface area contributed by atoms with Gasteiger partial charge in [0, 0.05) is 0 Å². The van der Waals surface area contributed by atoms with Crippen LogP contribution >= 0.6 is 0 Å². The highest BCUT2D eigenvalue weighted by atomic mass is 16.5. The zero-order valence-electron chi connectivity index (χ0n) is 12.2.